The van der Waals surface area contributed by atoms with Crippen LogP contribution in [0.15, 0.2) is 41.3 Å². The molecule has 2 heterocycles. The van der Waals surface area contributed by atoms with Crippen molar-refractivity contribution in [2.75, 3.05) is 0 Å². The highest BCUT2D eigenvalue weighted by atomic mass is 16.6. The number of nitrogens with zero attached hydrogens (tertiary/aromatic N) is 3. The summed E-state index contributed by atoms with van der Waals surface area (Å²) in [5, 5.41) is 21.2. The van der Waals surface area contributed by atoms with E-state index in [0.717, 1.165) is 5.52 Å². The molecule has 0 fully saturated rings. The minimum atomic E-state index is -0.700. The van der Waals surface area contributed by atoms with E-state index in [2.05, 4.69) is 9.97 Å². The summed E-state index contributed by atoms with van der Waals surface area (Å²) in [5.74, 6) is 0.520. The van der Waals surface area contributed by atoms with Gasteiger partial charge in [-0.3, -0.25) is 14.9 Å². The van der Waals surface area contributed by atoms with Crippen molar-refractivity contribution < 1.29 is 10.0 Å². The molecule has 1 aromatic carbocycles. The molecule has 0 aliphatic carbocycles. The minimum Gasteiger partial charge on any atom is -0.388 e. The third kappa shape index (κ3) is 3.16. The van der Waals surface area contributed by atoms with Crippen molar-refractivity contribution in [1.82, 2.24) is 14.5 Å². The summed E-state index contributed by atoms with van der Waals surface area (Å²) in [7, 11) is 0. The van der Waals surface area contributed by atoms with Gasteiger partial charge in [-0.25, -0.2) is 4.98 Å². The monoisotopic (exact) mass is 342 g/mol. The first-order valence-corrected chi connectivity index (χ1v) is 7.88. The van der Waals surface area contributed by atoms with E-state index in [-0.39, 0.29) is 12.5 Å². The van der Waals surface area contributed by atoms with Crippen LogP contribution in [0.4, 0.5) is 5.69 Å². The molecule has 8 heteroatoms. The number of hydrogen-bond donors (Lipinski definition) is 2. The molecule has 0 saturated carbocycles. The molecule has 2 aromatic heterocycles. The summed E-state index contributed by atoms with van der Waals surface area (Å²) < 4.78 is 1.23. The Kier molecular flexibility index (Phi) is 4.37. The number of aromatic amines is 1. The lowest BCUT2D eigenvalue weighted by Crippen LogP contribution is -2.22. The number of rotatable bonds is 5. The van der Waals surface area contributed by atoms with E-state index in [9.17, 15) is 20.0 Å². The summed E-state index contributed by atoms with van der Waals surface area (Å²) in [6.07, 6.45) is 0.826. The largest absolute Gasteiger partial charge is 0.388 e. The average molecular weight is 342 g/mol. The fourth-order valence-electron chi connectivity index (χ4n) is 2.73. The first-order valence-electron chi connectivity index (χ1n) is 7.88. The number of nitrogens with one attached hydrogen (secondary N) is 1. The standard InChI is InChI=1S/C17H18N4O4/c1-10(2)16(22)11-5-3-6-12-15(11)19-14(18-12)9-20-8-4-7-13(17(20)23)21(24)25/h3-8,10,16,22H,9H2,1-2H3,(H,18,19). The Bertz CT molecular complexity index is 990. The number of hydrogen-bond acceptors (Lipinski definition) is 5. The van der Waals surface area contributed by atoms with Crippen molar-refractivity contribution in [2.45, 2.75) is 26.5 Å². The number of H-pyrrole nitrogens is 1. The SMILES string of the molecule is CC(C)C(O)c1cccc2[nH]c(Cn3cccc([N+](=O)[O-])c3=O)nc12. The van der Waals surface area contributed by atoms with Crippen LogP contribution in [0.1, 0.15) is 31.3 Å². The van der Waals surface area contributed by atoms with Gasteiger partial charge in [0.05, 0.1) is 28.6 Å². The molecule has 130 valence electrons. The number of pyridine rings is 1. The second kappa shape index (κ2) is 6.48. The lowest BCUT2D eigenvalue weighted by atomic mass is 9.98. The van der Waals surface area contributed by atoms with Crippen LogP contribution < -0.4 is 5.56 Å². The average Bonchev–Trinajstić information content (AvgIpc) is 2.98. The Hall–Kier alpha value is -3.00. The van der Waals surface area contributed by atoms with Crippen molar-refractivity contribution in [3.8, 4) is 0 Å². The zero-order valence-electron chi connectivity index (χ0n) is 13.8. The molecule has 8 nitrogen and oxygen atoms in total. The van der Waals surface area contributed by atoms with E-state index in [4.69, 9.17) is 0 Å². The van der Waals surface area contributed by atoms with Crippen LogP contribution >= 0.6 is 0 Å². The zero-order chi connectivity index (χ0) is 18.1. The smallest absolute Gasteiger partial charge is 0.334 e. The van der Waals surface area contributed by atoms with Crippen LogP contribution in [0.2, 0.25) is 0 Å². The van der Waals surface area contributed by atoms with E-state index >= 15 is 0 Å². The molecule has 0 amide bonds. The van der Waals surface area contributed by atoms with E-state index in [1.807, 2.05) is 32.0 Å². The quantitative estimate of drug-likeness (QED) is 0.546. The molecular weight excluding hydrogens is 324 g/mol. The van der Waals surface area contributed by atoms with Crippen molar-refractivity contribution >= 4 is 16.7 Å². The van der Waals surface area contributed by atoms with Gasteiger partial charge in [0.2, 0.25) is 0 Å². The summed E-state index contributed by atoms with van der Waals surface area (Å²) in [4.78, 5) is 29.9. The molecule has 25 heavy (non-hydrogen) atoms. The molecule has 1 unspecified atom stereocenters. The van der Waals surface area contributed by atoms with E-state index in [0.29, 0.717) is 16.9 Å². The third-order valence-corrected chi connectivity index (χ3v) is 4.06. The van der Waals surface area contributed by atoms with Gasteiger partial charge in [0, 0.05) is 17.8 Å². The Labute approximate surface area is 142 Å². The van der Waals surface area contributed by atoms with Crippen LogP contribution in [0.25, 0.3) is 11.0 Å². The molecule has 0 bridgehead atoms. The number of aliphatic hydroxyl groups is 1. The minimum absolute atomic E-state index is 0.0325. The fourth-order valence-corrected chi connectivity index (χ4v) is 2.73. The molecule has 3 aromatic rings. The maximum Gasteiger partial charge on any atom is 0.334 e. The predicted molar refractivity (Wildman–Crippen MR) is 92.3 cm³/mol. The number of aromatic nitrogens is 3. The normalized spacial score (nSPS) is 12.6. The third-order valence-electron chi connectivity index (χ3n) is 4.06. The van der Waals surface area contributed by atoms with Gasteiger partial charge in [-0.2, -0.15) is 0 Å². The number of benzene rings is 1. The Morgan fingerprint density at radius 2 is 2.08 bits per heavy atom. The van der Waals surface area contributed by atoms with Gasteiger partial charge in [0.15, 0.2) is 0 Å². The second-order valence-corrected chi connectivity index (χ2v) is 6.20. The molecule has 0 spiro atoms. The van der Waals surface area contributed by atoms with Gasteiger partial charge < -0.3 is 14.7 Å². The maximum atomic E-state index is 12.1. The topological polar surface area (TPSA) is 114 Å². The van der Waals surface area contributed by atoms with Gasteiger partial charge in [-0.15, -0.1) is 0 Å². The number of imidazole rings is 1. The molecule has 0 radical (unpaired) electrons. The first kappa shape index (κ1) is 16.8. The van der Waals surface area contributed by atoms with Crippen molar-refractivity contribution in [1.29, 1.82) is 0 Å². The Balaban J connectivity index is 2.02. The molecule has 0 aliphatic rings. The van der Waals surface area contributed by atoms with Gasteiger partial charge in [-0.1, -0.05) is 26.0 Å². The molecule has 3 rings (SSSR count). The van der Waals surface area contributed by atoms with Crippen LogP contribution in [0.3, 0.4) is 0 Å². The number of nitro groups is 1. The highest BCUT2D eigenvalue weighted by molar-refractivity contribution is 5.79. The molecule has 0 saturated heterocycles. The second-order valence-electron chi connectivity index (χ2n) is 6.20. The summed E-state index contributed by atoms with van der Waals surface area (Å²) in [6, 6.07) is 8.10. The molecule has 2 N–H and O–H groups in total. The van der Waals surface area contributed by atoms with Crippen LogP contribution in [-0.4, -0.2) is 24.6 Å². The summed E-state index contributed by atoms with van der Waals surface area (Å²) >= 11 is 0. The van der Waals surface area contributed by atoms with Crippen LogP contribution in [0, 0.1) is 16.0 Å². The maximum absolute atomic E-state index is 12.1. The van der Waals surface area contributed by atoms with Gasteiger partial charge in [-0.05, 0) is 18.1 Å². The van der Waals surface area contributed by atoms with Gasteiger partial charge >= 0.3 is 11.2 Å². The zero-order valence-corrected chi connectivity index (χ0v) is 13.8. The Morgan fingerprint density at radius 1 is 1.32 bits per heavy atom. The summed E-state index contributed by atoms with van der Waals surface area (Å²) in [6.45, 7) is 3.91. The van der Waals surface area contributed by atoms with Gasteiger partial charge in [0.1, 0.15) is 5.82 Å². The summed E-state index contributed by atoms with van der Waals surface area (Å²) in [5.41, 5.74) is 0.925. The van der Waals surface area contributed by atoms with Crippen molar-refractivity contribution in [3.63, 3.8) is 0 Å². The number of para-hydroxylation sites is 1. The predicted octanol–water partition coefficient (Wildman–Crippen LogP) is 2.37. The van der Waals surface area contributed by atoms with Crippen molar-refractivity contribution in [2.24, 2.45) is 5.92 Å². The first-order chi connectivity index (χ1) is 11.9. The molecule has 1 atom stereocenters. The lowest BCUT2D eigenvalue weighted by Gasteiger charge is -2.14. The van der Waals surface area contributed by atoms with Gasteiger partial charge in [0.25, 0.3) is 0 Å². The van der Waals surface area contributed by atoms with Crippen LogP contribution in [0.5, 0.6) is 0 Å². The van der Waals surface area contributed by atoms with E-state index < -0.39 is 22.3 Å². The molecule has 0 aliphatic heterocycles. The molecular formula is C17H18N4O4. The van der Waals surface area contributed by atoms with E-state index in [1.54, 1.807) is 0 Å². The Morgan fingerprint density at radius 3 is 2.76 bits per heavy atom. The fraction of sp³-hybridized carbons (Fsp3) is 0.294. The highest BCUT2D eigenvalue weighted by Gasteiger charge is 2.18. The van der Waals surface area contributed by atoms with E-state index in [1.165, 1.54) is 22.9 Å². The van der Waals surface area contributed by atoms with Crippen molar-refractivity contribution in [3.05, 3.63) is 68.4 Å². The lowest BCUT2D eigenvalue weighted by molar-refractivity contribution is -0.386. The van der Waals surface area contributed by atoms with Crippen LogP contribution in [-0.2, 0) is 6.54 Å². The highest BCUT2D eigenvalue weighted by Crippen LogP contribution is 2.27. The number of aliphatic hydroxyl groups excluding tert-OH is 1. The number of fused-ring (bicyclic) bond motifs is 1.